The first kappa shape index (κ1) is 18.8. The van der Waals surface area contributed by atoms with Crippen molar-refractivity contribution in [1.29, 1.82) is 0 Å². The van der Waals surface area contributed by atoms with E-state index < -0.39 is 0 Å². The van der Waals surface area contributed by atoms with Gasteiger partial charge in [-0.3, -0.25) is 9.59 Å². The monoisotopic (exact) mass is 360 g/mol. The van der Waals surface area contributed by atoms with Crippen molar-refractivity contribution in [2.75, 3.05) is 13.7 Å². The molecule has 0 atom stereocenters. The summed E-state index contributed by atoms with van der Waals surface area (Å²) in [4.78, 5) is 23.6. The summed E-state index contributed by atoms with van der Waals surface area (Å²) in [7, 11) is 1.61. The number of para-hydroxylation sites is 1. The lowest BCUT2D eigenvalue weighted by atomic mass is 10.1. The average Bonchev–Trinajstić information content (AvgIpc) is 2.61. The topological polar surface area (TPSA) is 67.4 Å². The van der Waals surface area contributed by atoms with E-state index in [2.05, 4.69) is 10.6 Å². The number of methoxy groups -OCH3 is 1. The van der Waals surface area contributed by atoms with Crippen molar-refractivity contribution in [1.82, 2.24) is 10.6 Å². The second-order valence-electron chi connectivity index (χ2n) is 5.49. The lowest BCUT2D eigenvalue weighted by Gasteiger charge is -2.09. The van der Waals surface area contributed by atoms with Crippen LogP contribution < -0.4 is 15.4 Å². The smallest absolute Gasteiger partial charge is 0.229 e. The van der Waals surface area contributed by atoms with Crippen molar-refractivity contribution in [2.24, 2.45) is 0 Å². The minimum absolute atomic E-state index is 0.195. The van der Waals surface area contributed by atoms with Gasteiger partial charge in [0.2, 0.25) is 11.8 Å². The first-order chi connectivity index (χ1) is 12.1. The zero-order chi connectivity index (χ0) is 18.1. The SMILES string of the molecule is COc1ccccc1CCNC(=O)CC(=O)NCc1ccc(Cl)cc1. The molecule has 5 nitrogen and oxygen atoms in total. The van der Waals surface area contributed by atoms with Crippen LogP contribution in [-0.4, -0.2) is 25.5 Å². The molecule has 2 aromatic rings. The molecule has 0 aliphatic heterocycles. The van der Waals surface area contributed by atoms with E-state index in [1.165, 1.54) is 0 Å². The maximum atomic E-state index is 11.8. The van der Waals surface area contributed by atoms with Gasteiger partial charge in [-0.15, -0.1) is 0 Å². The van der Waals surface area contributed by atoms with Gasteiger partial charge >= 0.3 is 0 Å². The highest BCUT2D eigenvalue weighted by Crippen LogP contribution is 2.17. The van der Waals surface area contributed by atoms with Crippen LogP contribution in [-0.2, 0) is 22.6 Å². The molecule has 132 valence electrons. The highest BCUT2D eigenvalue weighted by Gasteiger charge is 2.09. The quantitative estimate of drug-likeness (QED) is 0.711. The summed E-state index contributed by atoms with van der Waals surface area (Å²) in [6.45, 7) is 0.814. The van der Waals surface area contributed by atoms with Crippen molar-refractivity contribution < 1.29 is 14.3 Å². The van der Waals surface area contributed by atoms with Gasteiger partial charge in [-0.2, -0.15) is 0 Å². The number of carbonyl (C=O) groups is 2. The Morgan fingerprint density at radius 1 is 1.00 bits per heavy atom. The molecule has 0 saturated carbocycles. The standard InChI is InChI=1S/C19H21ClN2O3/c1-25-17-5-3-2-4-15(17)10-11-21-18(23)12-19(24)22-13-14-6-8-16(20)9-7-14/h2-9H,10-13H2,1H3,(H,21,23)(H,22,24). The minimum atomic E-state index is -0.315. The first-order valence-corrected chi connectivity index (χ1v) is 8.36. The Bertz CT molecular complexity index is 717. The normalized spacial score (nSPS) is 10.2. The molecule has 2 rings (SSSR count). The van der Waals surface area contributed by atoms with Gasteiger partial charge in [0.1, 0.15) is 12.2 Å². The molecular weight excluding hydrogens is 340 g/mol. The Kier molecular flexibility index (Phi) is 7.29. The van der Waals surface area contributed by atoms with Crippen LogP contribution in [0.15, 0.2) is 48.5 Å². The zero-order valence-electron chi connectivity index (χ0n) is 14.0. The van der Waals surface area contributed by atoms with Gasteiger partial charge in [-0.05, 0) is 35.7 Å². The van der Waals surface area contributed by atoms with Crippen LogP contribution in [0.2, 0.25) is 5.02 Å². The Morgan fingerprint density at radius 3 is 2.40 bits per heavy atom. The van der Waals surface area contributed by atoms with Crippen LogP contribution in [0, 0.1) is 0 Å². The second-order valence-corrected chi connectivity index (χ2v) is 5.93. The van der Waals surface area contributed by atoms with Gasteiger partial charge in [-0.25, -0.2) is 0 Å². The number of halogens is 1. The number of benzene rings is 2. The van der Waals surface area contributed by atoms with Crippen LogP contribution in [0.5, 0.6) is 5.75 Å². The predicted octanol–water partition coefficient (Wildman–Crippen LogP) is 2.71. The molecule has 6 heteroatoms. The molecule has 0 saturated heterocycles. The minimum Gasteiger partial charge on any atom is -0.496 e. The van der Waals surface area contributed by atoms with E-state index in [0.29, 0.717) is 24.5 Å². The molecule has 0 aliphatic carbocycles. The Hall–Kier alpha value is -2.53. The van der Waals surface area contributed by atoms with Crippen LogP contribution in [0.4, 0.5) is 0 Å². The molecule has 0 radical (unpaired) electrons. The third-order valence-electron chi connectivity index (χ3n) is 3.63. The fourth-order valence-electron chi connectivity index (χ4n) is 2.32. The van der Waals surface area contributed by atoms with Gasteiger partial charge < -0.3 is 15.4 Å². The lowest BCUT2D eigenvalue weighted by molar-refractivity contribution is -0.129. The average molecular weight is 361 g/mol. The molecule has 0 bridgehead atoms. The Labute approximate surface area is 152 Å². The molecule has 25 heavy (non-hydrogen) atoms. The summed E-state index contributed by atoms with van der Waals surface area (Å²) in [6, 6.07) is 14.8. The molecule has 0 aromatic heterocycles. The number of carbonyl (C=O) groups excluding carboxylic acids is 2. The zero-order valence-corrected chi connectivity index (χ0v) is 14.8. The number of nitrogens with one attached hydrogen (secondary N) is 2. The van der Waals surface area contributed by atoms with Crippen molar-refractivity contribution in [3.63, 3.8) is 0 Å². The van der Waals surface area contributed by atoms with E-state index in [-0.39, 0.29) is 18.2 Å². The molecule has 0 aliphatic rings. The highest BCUT2D eigenvalue weighted by atomic mass is 35.5. The summed E-state index contributed by atoms with van der Waals surface area (Å²) >= 11 is 5.81. The number of hydrogen-bond donors (Lipinski definition) is 2. The molecule has 2 aromatic carbocycles. The Morgan fingerprint density at radius 2 is 1.68 bits per heavy atom. The maximum Gasteiger partial charge on any atom is 0.229 e. The van der Waals surface area contributed by atoms with Gasteiger partial charge in [0, 0.05) is 18.1 Å². The molecule has 0 fully saturated rings. The van der Waals surface area contributed by atoms with E-state index in [0.717, 1.165) is 16.9 Å². The van der Waals surface area contributed by atoms with E-state index in [4.69, 9.17) is 16.3 Å². The number of ether oxygens (including phenoxy) is 1. The first-order valence-electron chi connectivity index (χ1n) is 7.98. The summed E-state index contributed by atoms with van der Waals surface area (Å²) in [5.74, 6) is 0.172. The highest BCUT2D eigenvalue weighted by molar-refractivity contribution is 6.30. The van der Waals surface area contributed by atoms with E-state index in [9.17, 15) is 9.59 Å². The van der Waals surface area contributed by atoms with Gasteiger partial charge in [0.15, 0.2) is 0 Å². The number of hydrogen-bond acceptors (Lipinski definition) is 3. The summed E-state index contributed by atoms with van der Waals surface area (Å²) in [5, 5.41) is 6.10. The van der Waals surface area contributed by atoms with Crippen LogP contribution in [0.3, 0.4) is 0 Å². The molecule has 0 spiro atoms. The molecule has 0 heterocycles. The lowest BCUT2D eigenvalue weighted by Crippen LogP contribution is -2.32. The second kappa shape index (κ2) is 9.69. The molecule has 2 amide bonds. The summed E-state index contributed by atoms with van der Waals surface area (Å²) in [6.07, 6.45) is 0.446. The summed E-state index contributed by atoms with van der Waals surface area (Å²) < 4.78 is 5.26. The fraction of sp³-hybridized carbons (Fsp3) is 0.263. The van der Waals surface area contributed by atoms with Crippen LogP contribution in [0.25, 0.3) is 0 Å². The molecule has 0 unspecified atom stereocenters. The largest absolute Gasteiger partial charge is 0.496 e. The number of amides is 2. The third kappa shape index (κ3) is 6.47. The van der Waals surface area contributed by atoms with Crippen LogP contribution >= 0.6 is 11.6 Å². The predicted molar refractivity (Wildman–Crippen MR) is 97.6 cm³/mol. The van der Waals surface area contributed by atoms with Crippen molar-refractivity contribution in [3.05, 3.63) is 64.7 Å². The van der Waals surface area contributed by atoms with E-state index >= 15 is 0 Å². The van der Waals surface area contributed by atoms with Gasteiger partial charge in [0.05, 0.1) is 7.11 Å². The maximum absolute atomic E-state index is 11.8. The van der Waals surface area contributed by atoms with Crippen molar-refractivity contribution in [2.45, 2.75) is 19.4 Å². The summed E-state index contributed by atoms with van der Waals surface area (Å²) in [5.41, 5.74) is 1.94. The third-order valence-corrected chi connectivity index (χ3v) is 3.89. The van der Waals surface area contributed by atoms with Crippen LogP contribution in [0.1, 0.15) is 17.5 Å². The number of rotatable bonds is 8. The van der Waals surface area contributed by atoms with E-state index in [1.807, 2.05) is 36.4 Å². The van der Waals surface area contributed by atoms with Crippen molar-refractivity contribution in [3.8, 4) is 5.75 Å². The van der Waals surface area contributed by atoms with Gasteiger partial charge in [-0.1, -0.05) is 41.9 Å². The van der Waals surface area contributed by atoms with Gasteiger partial charge in [0.25, 0.3) is 0 Å². The Balaban J connectivity index is 1.69. The fourth-order valence-corrected chi connectivity index (χ4v) is 2.45. The van der Waals surface area contributed by atoms with Crippen molar-refractivity contribution >= 4 is 23.4 Å². The molecular formula is C19H21ClN2O3. The van der Waals surface area contributed by atoms with E-state index in [1.54, 1.807) is 19.2 Å². The molecule has 2 N–H and O–H groups in total.